The summed E-state index contributed by atoms with van der Waals surface area (Å²) in [5.74, 6) is 0.989. The number of methoxy groups -OCH3 is 1. The fourth-order valence-electron chi connectivity index (χ4n) is 2.98. The molecule has 0 bridgehead atoms. The summed E-state index contributed by atoms with van der Waals surface area (Å²) in [5.41, 5.74) is 2.79. The number of rotatable bonds is 4. The average Bonchev–Trinajstić information content (AvgIpc) is 2.73. The molecule has 0 aliphatic heterocycles. The standard InChI is InChI=1S/C21H18N4O2/c1-3-18-22-12-16-15-10-9-13(21(26)27-2)11-17(15)24-20(19(16)25-18)23-14-7-5-4-6-8-14/h4-12H,3H2,1-2H3,(H,23,24). The van der Waals surface area contributed by atoms with Crippen LogP contribution in [0, 0.1) is 0 Å². The van der Waals surface area contributed by atoms with Crippen molar-refractivity contribution >= 4 is 39.3 Å². The van der Waals surface area contributed by atoms with Crippen LogP contribution in [0.15, 0.2) is 54.7 Å². The first-order valence-corrected chi connectivity index (χ1v) is 8.69. The van der Waals surface area contributed by atoms with Crippen LogP contribution in [0.5, 0.6) is 0 Å². The van der Waals surface area contributed by atoms with Crippen LogP contribution in [0.25, 0.3) is 21.8 Å². The van der Waals surface area contributed by atoms with Crippen LogP contribution in [0.3, 0.4) is 0 Å². The minimum Gasteiger partial charge on any atom is -0.465 e. The van der Waals surface area contributed by atoms with E-state index in [2.05, 4.69) is 15.3 Å². The molecule has 6 nitrogen and oxygen atoms in total. The Kier molecular flexibility index (Phi) is 4.38. The van der Waals surface area contributed by atoms with E-state index in [4.69, 9.17) is 9.72 Å². The summed E-state index contributed by atoms with van der Waals surface area (Å²) in [6, 6.07) is 15.1. The highest BCUT2D eigenvalue weighted by Crippen LogP contribution is 2.30. The summed E-state index contributed by atoms with van der Waals surface area (Å²) in [7, 11) is 1.36. The van der Waals surface area contributed by atoms with Gasteiger partial charge in [-0.2, -0.15) is 0 Å². The Balaban J connectivity index is 1.97. The van der Waals surface area contributed by atoms with Gasteiger partial charge in [0.05, 0.1) is 18.2 Å². The highest BCUT2D eigenvalue weighted by atomic mass is 16.5. The lowest BCUT2D eigenvalue weighted by Crippen LogP contribution is -2.03. The molecule has 0 saturated heterocycles. The monoisotopic (exact) mass is 358 g/mol. The predicted molar refractivity (Wildman–Crippen MR) is 105 cm³/mol. The number of ether oxygens (including phenoxy) is 1. The lowest BCUT2D eigenvalue weighted by Gasteiger charge is -2.12. The predicted octanol–water partition coefficient (Wildman–Crippen LogP) is 4.27. The van der Waals surface area contributed by atoms with E-state index in [1.165, 1.54) is 7.11 Å². The Morgan fingerprint density at radius 1 is 1.07 bits per heavy atom. The molecule has 134 valence electrons. The lowest BCUT2D eigenvalue weighted by atomic mass is 10.1. The van der Waals surface area contributed by atoms with Crippen LogP contribution in [-0.2, 0) is 11.2 Å². The van der Waals surface area contributed by atoms with E-state index in [1.807, 2.05) is 49.5 Å². The third-order valence-corrected chi connectivity index (χ3v) is 4.36. The number of hydrogen-bond donors (Lipinski definition) is 1. The number of nitrogens with one attached hydrogen (secondary N) is 1. The van der Waals surface area contributed by atoms with Gasteiger partial charge in [0, 0.05) is 29.1 Å². The fourth-order valence-corrected chi connectivity index (χ4v) is 2.98. The molecule has 27 heavy (non-hydrogen) atoms. The largest absolute Gasteiger partial charge is 0.465 e. The number of fused-ring (bicyclic) bond motifs is 3. The molecule has 0 amide bonds. The fraction of sp³-hybridized carbons (Fsp3) is 0.143. The van der Waals surface area contributed by atoms with E-state index in [-0.39, 0.29) is 0 Å². The summed E-state index contributed by atoms with van der Waals surface area (Å²) in [6.45, 7) is 2.02. The molecule has 0 spiro atoms. The first kappa shape index (κ1) is 16.9. The number of benzene rings is 2. The third kappa shape index (κ3) is 3.17. The van der Waals surface area contributed by atoms with E-state index >= 15 is 0 Å². The van der Waals surface area contributed by atoms with Crippen molar-refractivity contribution in [3.63, 3.8) is 0 Å². The van der Waals surface area contributed by atoms with Crippen molar-refractivity contribution in [2.45, 2.75) is 13.3 Å². The van der Waals surface area contributed by atoms with Gasteiger partial charge in [-0.1, -0.05) is 31.2 Å². The lowest BCUT2D eigenvalue weighted by molar-refractivity contribution is 0.0601. The SMILES string of the molecule is CCc1ncc2c(n1)c(Nc1ccccc1)nc1cc(C(=O)OC)ccc12. The average molecular weight is 358 g/mol. The molecule has 4 rings (SSSR count). The molecule has 2 aromatic heterocycles. The Labute approximate surface area is 156 Å². The highest BCUT2D eigenvalue weighted by molar-refractivity contribution is 6.10. The van der Waals surface area contributed by atoms with Crippen molar-refractivity contribution in [1.29, 1.82) is 0 Å². The van der Waals surface area contributed by atoms with E-state index in [0.717, 1.165) is 34.2 Å². The molecule has 0 atom stereocenters. The van der Waals surface area contributed by atoms with Crippen molar-refractivity contribution in [3.05, 3.63) is 66.1 Å². The normalized spacial score (nSPS) is 10.9. The molecular weight excluding hydrogens is 340 g/mol. The number of para-hydroxylation sites is 1. The molecule has 0 aliphatic carbocycles. The molecule has 4 aromatic rings. The van der Waals surface area contributed by atoms with Crippen molar-refractivity contribution in [2.75, 3.05) is 12.4 Å². The van der Waals surface area contributed by atoms with E-state index < -0.39 is 5.97 Å². The first-order valence-electron chi connectivity index (χ1n) is 8.69. The van der Waals surface area contributed by atoms with Crippen LogP contribution < -0.4 is 5.32 Å². The molecular formula is C21H18N4O2. The number of carbonyl (C=O) groups is 1. The van der Waals surface area contributed by atoms with Crippen molar-refractivity contribution < 1.29 is 9.53 Å². The van der Waals surface area contributed by atoms with Gasteiger partial charge in [0.25, 0.3) is 0 Å². The van der Waals surface area contributed by atoms with Crippen LogP contribution in [0.1, 0.15) is 23.1 Å². The molecule has 0 aliphatic rings. The van der Waals surface area contributed by atoms with Crippen LogP contribution in [0.4, 0.5) is 11.5 Å². The van der Waals surface area contributed by atoms with Crippen LogP contribution in [0.2, 0.25) is 0 Å². The topological polar surface area (TPSA) is 77.0 Å². The molecule has 2 heterocycles. The molecule has 0 radical (unpaired) electrons. The van der Waals surface area contributed by atoms with Gasteiger partial charge >= 0.3 is 5.97 Å². The Hall–Kier alpha value is -3.54. The van der Waals surface area contributed by atoms with Crippen molar-refractivity contribution in [2.24, 2.45) is 0 Å². The quantitative estimate of drug-likeness (QED) is 0.434. The first-order chi connectivity index (χ1) is 13.2. The zero-order chi connectivity index (χ0) is 18.8. The Morgan fingerprint density at radius 3 is 2.63 bits per heavy atom. The number of nitrogens with zero attached hydrogens (tertiary/aromatic N) is 3. The maximum absolute atomic E-state index is 11.9. The van der Waals surface area contributed by atoms with Crippen LogP contribution >= 0.6 is 0 Å². The zero-order valence-electron chi connectivity index (χ0n) is 15.1. The summed E-state index contributed by atoms with van der Waals surface area (Å²) in [6.07, 6.45) is 2.55. The van der Waals surface area contributed by atoms with Gasteiger partial charge in [0.1, 0.15) is 11.3 Å². The van der Waals surface area contributed by atoms with Gasteiger partial charge in [-0.15, -0.1) is 0 Å². The zero-order valence-corrected chi connectivity index (χ0v) is 15.1. The van der Waals surface area contributed by atoms with E-state index in [9.17, 15) is 4.79 Å². The molecule has 1 N–H and O–H groups in total. The summed E-state index contributed by atoms with van der Waals surface area (Å²) >= 11 is 0. The minimum atomic E-state index is -0.394. The Bertz CT molecular complexity index is 1140. The number of pyridine rings is 1. The van der Waals surface area contributed by atoms with Gasteiger partial charge in [0.2, 0.25) is 0 Å². The third-order valence-electron chi connectivity index (χ3n) is 4.36. The second-order valence-electron chi connectivity index (χ2n) is 6.08. The van der Waals surface area contributed by atoms with E-state index in [1.54, 1.807) is 12.1 Å². The number of aromatic nitrogens is 3. The smallest absolute Gasteiger partial charge is 0.337 e. The van der Waals surface area contributed by atoms with Gasteiger partial charge in [0.15, 0.2) is 5.82 Å². The molecule has 0 unspecified atom stereocenters. The molecule has 2 aromatic carbocycles. The highest BCUT2D eigenvalue weighted by Gasteiger charge is 2.14. The minimum absolute atomic E-state index is 0.394. The number of carbonyl (C=O) groups excluding carboxylic acids is 1. The maximum Gasteiger partial charge on any atom is 0.337 e. The van der Waals surface area contributed by atoms with Gasteiger partial charge < -0.3 is 10.1 Å². The number of esters is 1. The number of hydrogen-bond acceptors (Lipinski definition) is 6. The molecule has 0 fully saturated rings. The molecule has 0 saturated carbocycles. The summed E-state index contributed by atoms with van der Waals surface area (Å²) in [4.78, 5) is 25.8. The van der Waals surface area contributed by atoms with E-state index in [0.29, 0.717) is 16.9 Å². The summed E-state index contributed by atoms with van der Waals surface area (Å²) in [5, 5.41) is 5.10. The van der Waals surface area contributed by atoms with Gasteiger partial charge in [-0.05, 0) is 24.3 Å². The Morgan fingerprint density at radius 2 is 1.89 bits per heavy atom. The van der Waals surface area contributed by atoms with Gasteiger partial charge in [-0.25, -0.2) is 19.7 Å². The van der Waals surface area contributed by atoms with Crippen molar-refractivity contribution in [1.82, 2.24) is 15.0 Å². The number of anilines is 2. The van der Waals surface area contributed by atoms with Gasteiger partial charge in [-0.3, -0.25) is 0 Å². The molecule has 6 heteroatoms. The van der Waals surface area contributed by atoms with Crippen LogP contribution in [-0.4, -0.2) is 28.0 Å². The maximum atomic E-state index is 11.9. The number of aryl methyl sites for hydroxylation is 1. The summed E-state index contributed by atoms with van der Waals surface area (Å²) < 4.78 is 4.82. The second-order valence-corrected chi connectivity index (χ2v) is 6.08. The second kappa shape index (κ2) is 6.99. The van der Waals surface area contributed by atoms with Crippen molar-refractivity contribution in [3.8, 4) is 0 Å².